The fourth-order valence-corrected chi connectivity index (χ4v) is 2.60. The Hall–Kier alpha value is -0.570. The van der Waals surface area contributed by atoms with Crippen molar-refractivity contribution >= 4 is 11.6 Å². The van der Waals surface area contributed by atoms with Gasteiger partial charge in [0.15, 0.2) is 0 Å². The van der Waals surface area contributed by atoms with Crippen LogP contribution in [0.1, 0.15) is 24.0 Å². The number of rotatable bonds is 6. The summed E-state index contributed by atoms with van der Waals surface area (Å²) in [6.07, 6.45) is 4.56. The minimum absolute atomic E-state index is 0.589. The van der Waals surface area contributed by atoms with E-state index in [4.69, 9.17) is 16.3 Å². The van der Waals surface area contributed by atoms with Crippen molar-refractivity contribution in [2.45, 2.75) is 31.7 Å². The van der Waals surface area contributed by atoms with Gasteiger partial charge in [-0.1, -0.05) is 17.7 Å². The maximum absolute atomic E-state index is 6.00. The molecule has 1 N–H and O–H groups in total. The van der Waals surface area contributed by atoms with Gasteiger partial charge >= 0.3 is 0 Å². The molecule has 94 valence electrons. The maximum atomic E-state index is 6.00. The highest BCUT2D eigenvalue weighted by Gasteiger charge is 2.20. The van der Waals surface area contributed by atoms with Gasteiger partial charge in [-0.2, -0.15) is 0 Å². The summed E-state index contributed by atoms with van der Waals surface area (Å²) in [4.78, 5) is 0. The lowest BCUT2D eigenvalue weighted by atomic mass is 10.1. The summed E-state index contributed by atoms with van der Waals surface area (Å²) in [6, 6.07) is 6.83. The molecule has 0 aliphatic heterocycles. The number of nitrogens with one attached hydrogen (secondary N) is 1. The molecule has 0 fully saturated rings. The molecule has 0 spiro atoms. The fraction of sp³-hybridized carbons (Fsp3) is 0.571. The SMILES string of the molecule is COCCCCNC1Cc2ccc(Cl)cc2C1. The summed E-state index contributed by atoms with van der Waals surface area (Å²) in [7, 11) is 1.75. The van der Waals surface area contributed by atoms with E-state index in [9.17, 15) is 0 Å². The van der Waals surface area contributed by atoms with Crippen molar-refractivity contribution in [2.24, 2.45) is 0 Å². The molecule has 0 radical (unpaired) electrons. The van der Waals surface area contributed by atoms with Crippen LogP contribution in [-0.2, 0) is 17.6 Å². The van der Waals surface area contributed by atoms with Gasteiger partial charge in [0.05, 0.1) is 0 Å². The summed E-state index contributed by atoms with van der Waals surface area (Å²) < 4.78 is 5.04. The zero-order valence-electron chi connectivity index (χ0n) is 10.3. The van der Waals surface area contributed by atoms with Crippen LogP contribution in [0.5, 0.6) is 0 Å². The monoisotopic (exact) mass is 253 g/mol. The lowest BCUT2D eigenvalue weighted by Gasteiger charge is -2.11. The van der Waals surface area contributed by atoms with E-state index in [2.05, 4.69) is 17.4 Å². The van der Waals surface area contributed by atoms with Crippen molar-refractivity contribution in [1.29, 1.82) is 0 Å². The molecule has 1 aliphatic carbocycles. The van der Waals surface area contributed by atoms with Gasteiger partial charge < -0.3 is 10.1 Å². The molecular weight excluding hydrogens is 234 g/mol. The van der Waals surface area contributed by atoms with Crippen LogP contribution in [0.25, 0.3) is 0 Å². The highest BCUT2D eigenvalue weighted by atomic mass is 35.5. The van der Waals surface area contributed by atoms with E-state index in [0.717, 1.165) is 37.4 Å². The number of halogens is 1. The van der Waals surface area contributed by atoms with Gasteiger partial charge in [0.1, 0.15) is 0 Å². The van der Waals surface area contributed by atoms with Crippen molar-refractivity contribution in [3.05, 3.63) is 34.3 Å². The van der Waals surface area contributed by atoms with Crippen LogP contribution in [0.3, 0.4) is 0 Å². The van der Waals surface area contributed by atoms with Crippen LogP contribution < -0.4 is 5.32 Å². The Morgan fingerprint density at radius 2 is 2.12 bits per heavy atom. The molecule has 1 unspecified atom stereocenters. The standard InChI is InChI=1S/C14H20ClNO/c1-17-7-3-2-6-16-14-9-11-4-5-13(15)8-12(11)10-14/h4-5,8,14,16H,2-3,6-7,9-10H2,1H3. The third kappa shape index (κ3) is 3.70. The number of hydrogen-bond donors (Lipinski definition) is 1. The Bertz CT molecular complexity index is 367. The average molecular weight is 254 g/mol. The Kier molecular flexibility index (Phi) is 4.84. The van der Waals surface area contributed by atoms with Crippen molar-refractivity contribution in [1.82, 2.24) is 5.32 Å². The van der Waals surface area contributed by atoms with Crippen LogP contribution >= 0.6 is 11.6 Å². The molecule has 17 heavy (non-hydrogen) atoms. The lowest BCUT2D eigenvalue weighted by molar-refractivity contribution is 0.192. The summed E-state index contributed by atoms with van der Waals surface area (Å²) in [5.74, 6) is 0. The Morgan fingerprint density at radius 1 is 1.29 bits per heavy atom. The van der Waals surface area contributed by atoms with Crippen molar-refractivity contribution in [2.75, 3.05) is 20.3 Å². The zero-order valence-corrected chi connectivity index (χ0v) is 11.1. The predicted octanol–water partition coefficient (Wildman–Crippen LogP) is 2.82. The number of ether oxygens (including phenoxy) is 1. The molecule has 0 amide bonds. The van der Waals surface area contributed by atoms with Gasteiger partial charge in [-0.15, -0.1) is 0 Å². The number of methoxy groups -OCH3 is 1. The third-order valence-corrected chi connectivity index (χ3v) is 3.54. The van der Waals surface area contributed by atoms with E-state index >= 15 is 0 Å². The average Bonchev–Trinajstić information content (AvgIpc) is 2.70. The number of fused-ring (bicyclic) bond motifs is 1. The van der Waals surface area contributed by atoms with Gasteiger partial charge in [0, 0.05) is 24.8 Å². The molecule has 1 atom stereocenters. The predicted molar refractivity (Wildman–Crippen MR) is 71.8 cm³/mol. The molecule has 0 aromatic heterocycles. The molecule has 1 aromatic rings. The summed E-state index contributed by atoms with van der Waals surface area (Å²) in [5.41, 5.74) is 2.86. The molecule has 0 saturated heterocycles. The number of unbranched alkanes of at least 4 members (excludes halogenated alkanes) is 1. The molecule has 3 heteroatoms. The third-order valence-electron chi connectivity index (χ3n) is 3.31. The Balaban J connectivity index is 1.73. The zero-order chi connectivity index (χ0) is 12.1. The van der Waals surface area contributed by atoms with Crippen molar-refractivity contribution in [3.63, 3.8) is 0 Å². The topological polar surface area (TPSA) is 21.3 Å². The molecule has 1 aliphatic rings. The highest BCUT2D eigenvalue weighted by Crippen LogP contribution is 2.25. The van der Waals surface area contributed by atoms with Crippen LogP contribution in [0.15, 0.2) is 18.2 Å². The van der Waals surface area contributed by atoms with E-state index in [1.807, 2.05) is 6.07 Å². The number of benzene rings is 1. The van der Waals surface area contributed by atoms with Crippen LogP contribution in [0, 0.1) is 0 Å². The van der Waals surface area contributed by atoms with Crippen LogP contribution in [-0.4, -0.2) is 26.3 Å². The van der Waals surface area contributed by atoms with Gasteiger partial charge in [-0.3, -0.25) is 0 Å². The second-order valence-corrected chi connectivity index (χ2v) is 5.11. The van der Waals surface area contributed by atoms with Gasteiger partial charge in [0.25, 0.3) is 0 Å². The van der Waals surface area contributed by atoms with E-state index in [-0.39, 0.29) is 0 Å². The second-order valence-electron chi connectivity index (χ2n) is 4.67. The largest absolute Gasteiger partial charge is 0.385 e. The van der Waals surface area contributed by atoms with Crippen LogP contribution in [0.4, 0.5) is 0 Å². The first-order valence-electron chi connectivity index (χ1n) is 6.29. The minimum atomic E-state index is 0.589. The number of hydrogen-bond acceptors (Lipinski definition) is 2. The molecule has 1 aromatic carbocycles. The van der Waals surface area contributed by atoms with E-state index < -0.39 is 0 Å². The summed E-state index contributed by atoms with van der Waals surface area (Å²) in [6.45, 7) is 1.94. The summed E-state index contributed by atoms with van der Waals surface area (Å²) in [5, 5.41) is 4.46. The molecule has 0 saturated carbocycles. The van der Waals surface area contributed by atoms with Gasteiger partial charge in [0.2, 0.25) is 0 Å². The second kappa shape index (κ2) is 6.39. The quantitative estimate of drug-likeness (QED) is 0.788. The molecular formula is C14H20ClNO. The lowest BCUT2D eigenvalue weighted by Crippen LogP contribution is -2.30. The van der Waals surface area contributed by atoms with Crippen molar-refractivity contribution < 1.29 is 4.74 Å². The molecule has 2 nitrogen and oxygen atoms in total. The van der Waals surface area contributed by atoms with Gasteiger partial charge in [-0.25, -0.2) is 0 Å². The maximum Gasteiger partial charge on any atom is 0.0462 e. The Labute approximate surface area is 108 Å². The smallest absolute Gasteiger partial charge is 0.0462 e. The minimum Gasteiger partial charge on any atom is -0.385 e. The first kappa shape index (κ1) is 12.9. The fourth-order valence-electron chi connectivity index (χ4n) is 2.41. The molecule has 2 rings (SSSR count). The molecule has 0 heterocycles. The van der Waals surface area contributed by atoms with Crippen LogP contribution in [0.2, 0.25) is 5.02 Å². The van der Waals surface area contributed by atoms with Crippen molar-refractivity contribution in [3.8, 4) is 0 Å². The summed E-state index contributed by atoms with van der Waals surface area (Å²) >= 11 is 6.00. The van der Waals surface area contributed by atoms with E-state index in [0.29, 0.717) is 6.04 Å². The molecule has 0 bridgehead atoms. The Morgan fingerprint density at radius 3 is 2.94 bits per heavy atom. The first-order valence-corrected chi connectivity index (χ1v) is 6.67. The van der Waals surface area contributed by atoms with Gasteiger partial charge in [-0.05, 0) is 55.5 Å². The normalized spacial score (nSPS) is 18.4. The highest BCUT2D eigenvalue weighted by molar-refractivity contribution is 6.30. The van der Waals surface area contributed by atoms with E-state index in [1.54, 1.807) is 7.11 Å². The van der Waals surface area contributed by atoms with E-state index in [1.165, 1.54) is 17.5 Å². The first-order chi connectivity index (χ1) is 8.29.